The van der Waals surface area contributed by atoms with Crippen LogP contribution in [0.2, 0.25) is 0 Å². The fourth-order valence-corrected chi connectivity index (χ4v) is 7.32. The Labute approximate surface area is 442 Å². The zero-order valence-corrected chi connectivity index (χ0v) is 43.2. The average molecular weight is 1030 g/mol. The smallest absolute Gasteiger partial charge is 0.407 e. The molecule has 6 aromatic rings. The molecule has 2 atom stereocenters. The molecule has 2 unspecified atom stereocenters. The Hall–Kier alpha value is -7.52. The minimum atomic E-state index is -0.711. The maximum Gasteiger partial charge on any atom is 0.407 e. The van der Waals surface area contributed by atoms with Gasteiger partial charge >= 0.3 is 24.1 Å². The second kappa shape index (κ2) is 31.3. The summed E-state index contributed by atoms with van der Waals surface area (Å²) in [5.74, 6) is -2.08. The Morgan fingerprint density at radius 1 is 0.547 bits per heavy atom. The maximum atomic E-state index is 13.4. The summed E-state index contributed by atoms with van der Waals surface area (Å²) in [5.41, 5.74) is 3.68. The number of benzene rings is 4. The number of hydrogen-bond donors (Lipinski definition) is 4. The van der Waals surface area contributed by atoms with Crippen molar-refractivity contribution >= 4 is 57.2 Å². The highest BCUT2D eigenvalue weighted by Gasteiger charge is 2.26. The summed E-state index contributed by atoms with van der Waals surface area (Å²) in [6.45, 7) is 14.8. The minimum Gasteiger partial charge on any atom is -0.481 e. The number of pyridine rings is 2. The molecule has 4 N–H and O–H groups in total. The lowest BCUT2D eigenvalue weighted by atomic mass is 9.90. The van der Waals surface area contributed by atoms with E-state index in [1.807, 2.05) is 98.8 Å². The molecule has 4 aromatic carbocycles. The number of amides is 2. The lowest BCUT2D eigenvalue weighted by Gasteiger charge is -2.22. The zero-order valence-electron chi connectivity index (χ0n) is 43.2. The third-order valence-corrected chi connectivity index (χ3v) is 10.9. The van der Waals surface area contributed by atoms with E-state index in [4.69, 9.17) is 19.3 Å². The van der Waals surface area contributed by atoms with Crippen LogP contribution in [0, 0.1) is 0 Å². The number of ether oxygens (including phenoxy) is 3. The summed E-state index contributed by atoms with van der Waals surface area (Å²) in [6, 6.07) is 30.1. The highest BCUT2D eigenvalue weighted by Crippen LogP contribution is 2.24. The first-order chi connectivity index (χ1) is 34.7. The first-order valence-corrected chi connectivity index (χ1v) is 24.5. The summed E-state index contributed by atoms with van der Waals surface area (Å²) in [7, 11) is 0. The number of aliphatic carboxylic acids is 1. The second-order valence-corrected chi connectivity index (χ2v) is 19.5. The summed E-state index contributed by atoms with van der Waals surface area (Å²) in [6.07, 6.45) is 8.50. The van der Waals surface area contributed by atoms with Gasteiger partial charge in [0.25, 0.3) is 0 Å². The maximum absolute atomic E-state index is 13.4. The van der Waals surface area contributed by atoms with Crippen LogP contribution in [0.4, 0.5) is 9.59 Å². The molecule has 0 aliphatic heterocycles. The monoisotopic (exact) mass is 1030 g/mol. The predicted molar refractivity (Wildman–Crippen MR) is 294 cm³/mol. The van der Waals surface area contributed by atoms with Crippen LogP contribution >= 0.6 is 0 Å². The van der Waals surface area contributed by atoms with Crippen LogP contribution in [-0.2, 0) is 59.4 Å². The van der Waals surface area contributed by atoms with Crippen LogP contribution in [0.15, 0.2) is 122 Å². The number of aliphatic hydroxyl groups is 1. The number of rotatable bonds is 19. The van der Waals surface area contributed by atoms with E-state index in [0.717, 1.165) is 67.8 Å². The molecule has 0 radical (unpaired) electrons. The van der Waals surface area contributed by atoms with Crippen molar-refractivity contribution in [3.63, 3.8) is 0 Å². The first kappa shape index (κ1) is 63.6. The molecule has 75 heavy (non-hydrogen) atoms. The van der Waals surface area contributed by atoms with Gasteiger partial charge in [0.1, 0.15) is 29.4 Å². The van der Waals surface area contributed by atoms with Crippen molar-refractivity contribution in [2.45, 2.75) is 145 Å². The van der Waals surface area contributed by atoms with E-state index < -0.39 is 41.2 Å². The highest BCUT2D eigenvalue weighted by molar-refractivity contribution is 5.91. The Morgan fingerprint density at radius 3 is 1.31 bits per heavy atom. The third-order valence-electron chi connectivity index (χ3n) is 10.9. The number of fused-ring (bicyclic) bond motifs is 2. The molecule has 0 saturated heterocycles. The van der Waals surface area contributed by atoms with Crippen molar-refractivity contribution in [1.82, 2.24) is 20.6 Å². The number of Topliss-reactive ketones (excluding diaryl/α,β-unsaturated/α-hetero) is 2. The normalized spacial score (nSPS) is 11.6. The number of carboxylic acid groups (broad SMARTS) is 1. The minimum absolute atomic E-state index is 0. The van der Waals surface area contributed by atoms with Gasteiger partial charge in [-0.25, -0.2) is 9.59 Å². The molecular weight excluding hydrogens is 953 g/mol. The molecular formula is C60H78N4O11. The number of carbonyl (C=O) groups is 6. The van der Waals surface area contributed by atoms with Crippen molar-refractivity contribution in [3.8, 4) is 0 Å². The fraction of sp³-hybridized carbons (Fsp3) is 0.400. The van der Waals surface area contributed by atoms with E-state index in [2.05, 4.69) is 20.6 Å². The van der Waals surface area contributed by atoms with Crippen LogP contribution in [0.3, 0.4) is 0 Å². The number of esters is 1. The molecule has 15 heteroatoms. The van der Waals surface area contributed by atoms with Crippen molar-refractivity contribution in [2.75, 3.05) is 13.1 Å². The van der Waals surface area contributed by atoms with Crippen LogP contribution < -0.4 is 10.6 Å². The van der Waals surface area contributed by atoms with Crippen molar-refractivity contribution in [2.24, 2.45) is 0 Å². The van der Waals surface area contributed by atoms with Gasteiger partial charge in [-0.2, -0.15) is 0 Å². The molecule has 2 aromatic heterocycles. The van der Waals surface area contributed by atoms with E-state index in [1.54, 1.807) is 78.5 Å². The van der Waals surface area contributed by atoms with Gasteiger partial charge in [-0.3, -0.25) is 29.1 Å². The van der Waals surface area contributed by atoms with Gasteiger partial charge < -0.3 is 35.1 Å². The summed E-state index contributed by atoms with van der Waals surface area (Å²) < 4.78 is 15.9. The number of carbonyl (C=O) groups excluding carboxylic acids is 5. The number of aromatic nitrogens is 2. The Kier molecular flexibility index (Phi) is 26.5. The van der Waals surface area contributed by atoms with Crippen molar-refractivity contribution in [3.05, 3.63) is 155 Å². The van der Waals surface area contributed by atoms with Gasteiger partial charge in [0.2, 0.25) is 0 Å². The number of nitrogens with one attached hydrogen (secondary N) is 2. The molecule has 2 amide bonds. The van der Waals surface area contributed by atoms with Crippen molar-refractivity contribution < 1.29 is 53.2 Å². The molecule has 2 heterocycles. The van der Waals surface area contributed by atoms with Gasteiger partial charge in [0.05, 0.1) is 18.4 Å². The summed E-state index contributed by atoms with van der Waals surface area (Å²) >= 11 is 0. The van der Waals surface area contributed by atoms with Gasteiger partial charge in [-0.05, 0) is 111 Å². The molecule has 0 fully saturated rings. The molecule has 0 aliphatic carbocycles. The first-order valence-electron chi connectivity index (χ1n) is 24.5. The van der Waals surface area contributed by atoms with Gasteiger partial charge in [0, 0.05) is 74.3 Å². The quantitative estimate of drug-likeness (QED) is 0.0439. The van der Waals surface area contributed by atoms with Gasteiger partial charge in [-0.1, -0.05) is 114 Å². The van der Waals surface area contributed by atoms with Crippen LogP contribution in [0.5, 0.6) is 0 Å². The Morgan fingerprint density at radius 2 is 0.947 bits per heavy atom. The lowest BCUT2D eigenvalue weighted by Crippen LogP contribution is -2.36. The van der Waals surface area contributed by atoms with E-state index in [1.165, 1.54) is 0 Å². The lowest BCUT2D eigenvalue weighted by molar-refractivity contribution is -0.145. The molecule has 0 aliphatic rings. The molecule has 404 valence electrons. The highest BCUT2D eigenvalue weighted by atomic mass is 16.6. The van der Waals surface area contributed by atoms with E-state index in [9.17, 15) is 33.9 Å². The zero-order chi connectivity index (χ0) is 53.6. The fourth-order valence-electron chi connectivity index (χ4n) is 7.32. The number of nitrogens with zero attached hydrogens (tertiary/aromatic N) is 2. The molecule has 0 saturated carbocycles. The van der Waals surface area contributed by atoms with Crippen molar-refractivity contribution in [1.29, 1.82) is 0 Å². The molecule has 6 rings (SSSR count). The Bertz CT molecular complexity index is 2760. The number of hydrogen-bond acceptors (Lipinski definition) is 12. The number of carboxylic acids is 1. The summed E-state index contributed by atoms with van der Waals surface area (Å²) in [5, 5.41) is 26.7. The van der Waals surface area contributed by atoms with E-state index in [0.29, 0.717) is 12.8 Å². The van der Waals surface area contributed by atoms with Crippen LogP contribution in [0.25, 0.3) is 21.5 Å². The van der Waals surface area contributed by atoms with Gasteiger partial charge in [0.15, 0.2) is 0 Å². The SMILES string of the molecule is C.C.CC(C)(C)OC(=O)NCC(C(=O)Cc1ccc2cnccc2c1)c1ccc(CO)cc1.CCCC(=O)O.CCCC(=O)OCc1ccc(C(CNC(=O)OC(C)(C)C)C(=O)Cc2ccc3cnccc3c2)cc1. The molecule has 15 nitrogen and oxygen atoms in total. The van der Waals surface area contributed by atoms with E-state index >= 15 is 0 Å². The number of aliphatic hydroxyl groups excluding tert-OH is 1. The third kappa shape index (κ3) is 23.1. The second-order valence-electron chi connectivity index (χ2n) is 19.5. The molecule has 0 spiro atoms. The molecule has 0 bridgehead atoms. The Balaban J connectivity index is 0.000000455. The standard InChI is InChI=1S/C29H34N2O5.C25H28N2O4.C4H8O2.2CH4/c1-5-6-27(33)35-19-20-7-10-22(11-8-20)25(18-31-28(34)36-29(2,3)4)26(32)16-21-9-12-24-17-30-14-13-23(24)15-21;1-25(2,3)31-24(30)27-15-22(19-7-4-17(16-28)5-8-19)23(29)13-18-6-9-21-14-26-11-10-20(21)12-18;1-2-3-4(5)6;;/h7-15,17,25H,5-6,16,18-19H2,1-4H3,(H,31,34);4-12,14,22,28H,13,15-16H2,1-3H3,(H,27,30);2-3H2,1H3,(H,5,6);2*1H4. The van der Waals surface area contributed by atoms with Crippen LogP contribution in [0.1, 0.15) is 141 Å². The number of ketones is 2. The average Bonchev–Trinajstić information content (AvgIpc) is 3.33. The number of alkyl carbamates (subject to hydrolysis) is 2. The largest absolute Gasteiger partial charge is 0.481 e. The van der Waals surface area contributed by atoms with Crippen LogP contribution in [-0.4, -0.2) is 80.2 Å². The summed E-state index contributed by atoms with van der Waals surface area (Å²) in [4.78, 5) is 80.6. The van der Waals surface area contributed by atoms with Gasteiger partial charge in [-0.15, -0.1) is 0 Å². The topological polar surface area (TPSA) is 220 Å². The predicted octanol–water partition coefficient (Wildman–Crippen LogP) is 11.8. The van der Waals surface area contributed by atoms with E-state index in [-0.39, 0.29) is 71.5 Å².